The van der Waals surface area contributed by atoms with Crippen molar-refractivity contribution in [3.8, 4) is 11.5 Å². The molecule has 0 spiro atoms. The topological polar surface area (TPSA) is 30.5 Å². The maximum Gasteiger partial charge on any atom is 0.161 e. The highest BCUT2D eigenvalue weighted by Crippen LogP contribution is 2.50. The van der Waals surface area contributed by atoms with Crippen LogP contribution in [-0.2, 0) is 0 Å². The molecule has 2 aromatic rings. The first-order valence-electron chi connectivity index (χ1n) is 8.16. The fourth-order valence-corrected chi connectivity index (χ4v) is 4.46. The molecule has 0 radical (unpaired) electrons. The minimum Gasteiger partial charge on any atom is -0.493 e. The molecular formula is C20H20INO2. The Kier molecular flexibility index (Phi) is 4.16. The standard InChI is InChI=1S/C20H20INO2/c1-23-18-9-6-12(10-19(18)24-2)20-15-5-3-4-14(15)16-11-13(21)7-8-17(16)22-20/h3-4,6-11,14-15,20,22H,5H2,1-2H3/t14-,15+,20+/m1/s1. The second kappa shape index (κ2) is 6.31. The van der Waals surface area contributed by atoms with Crippen LogP contribution < -0.4 is 14.8 Å². The normalized spacial score (nSPS) is 24.0. The molecule has 0 fully saturated rings. The zero-order chi connectivity index (χ0) is 16.7. The fourth-order valence-electron chi connectivity index (χ4n) is 3.94. The van der Waals surface area contributed by atoms with Gasteiger partial charge in [0.25, 0.3) is 0 Å². The molecule has 124 valence electrons. The van der Waals surface area contributed by atoms with Crippen LogP contribution in [0.4, 0.5) is 5.69 Å². The summed E-state index contributed by atoms with van der Waals surface area (Å²) in [7, 11) is 3.36. The number of anilines is 1. The van der Waals surface area contributed by atoms with Gasteiger partial charge >= 0.3 is 0 Å². The van der Waals surface area contributed by atoms with Crippen LogP contribution in [0, 0.1) is 9.49 Å². The van der Waals surface area contributed by atoms with Gasteiger partial charge in [-0.2, -0.15) is 0 Å². The van der Waals surface area contributed by atoms with E-state index in [2.05, 4.69) is 70.4 Å². The maximum absolute atomic E-state index is 5.49. The third-order valence-corrected chi connectivity index (χ3v) is 5.76. The molecule has 1 aliphatic carbocycles. The van der Waals surface area contributed by atoms with Crippen LogP contribution in [0.25, 0.3) is 0 Å². The molecule has 3 nitrogen and oxygen atoms in total. The quantitative estimate of drug-likeness (QED) is 0.538. The van der Waals surface area contributed by atoms with Crippen molar-refractivity contribution >= 4 is 28.3 Å². The molecule has 1 aliphatic heterocycles. The summed E-state index contributed by atoms with van der Waals surface area (Å²) < 4.78 is 12.2. The van der Waals surface area contributed by atoms with Crippen molar-refractivity contribution in [3.05, 3.63) is 63.2 Å². The van der Waals surface area contributed by atoms with E-state index in [0.717, 1.165) is 17.9 Å². The van der Waals surface area contributed by atoms with E-state index in [0.29, 0.717) is 11.8 Å². The molecule has 0 saturated heterocycles. The predicted octanol–water partition coefficient (Wildman–Crippen LogP) is 5.13. The zero-order valence-electron chi connectivity index (χ0n) is 13.8. The summed E-state index contributed by atoms with van der Waals surface area (Å²) in [5.74, 6) is 2.57. The zero-order valence-corrected chi connectivity index (χ0v) is 15.9. The van der Waals surface area contributed by atoms with Gasteiger partial charge in [-0.15, -0.1) is 0 Å². The van der Waals surface area contributed by atoms with E-state index in [1.807, 2.05) is 6.07 Å². The molecule has 2 aromatic carbocycles. The second-order valence-corrected chi connectivity index (χ2v) is 7.57. The van der Waals surface area contributed by atoms with Crippen LogP contribution in [0.1, 0.15) is 29.5 Å². The Morgan fingerprint density at radius 2 is 1.88 bits per heavy atom. The summed E-state index contributed by atoms with van der Waals surface area (Å²) in [5, 5.41) is 3.76. The van der Waals surface area contributed by atoms with E-state index >= 15 is 0 Å². The number of hydrogen-bond acceptors (Lipinski definition) is 3. The monoisotopic (exact) mass is 433 g/mol. The summed E-state index contributed by atoms with van der Waals surface area (Å²) in [6.07, 6.45) is 5.79. The summed E-state index contributed by atoms with van der Waals surface area (Å²) >= 11 is 2.39. The van der Waals surface area contributed by atoms with E-state index < -0.39 is 0 Å². The fraction of sp³-hybridized carbons (Fsp3) is 0.300. The number of fused-ring (bicyclic) bond motifs is 3. The minimum absolute atomic E-state index is 0.275. The lowest BCUT2D eigenvalue weighted by Crippen LogP contribution is -2.29. The van der Waals surface area contributed by atoms with Crippen LogP contribution >= 0.6 is 22.6 Å². The van der Waals surface area contributed by atoms with E-state index in [-0.39, 0.29) is 6.04 Å². The van der Waals surface area contributed by atoms with E-state index in [1.165, 1.54) is 20.4 Å². The Bertz CT molecular complexity index is 802. The van der Waals surface area contributed by atoms with Gasteiger partial charge in [0.2, 0.25) is 0 Å². The SMILES string of the molecule is COc1ccc([C@@H]2Nc3ccc(I)cc3[C@@H]3C=CC[C@@H]32)cc1OC. The van der Waals surface area contributed by atoms with Crippen molar-refractivity contribution < 1.29 is 9.47 Å². The lowest BCUT2D eigenvalue weighted by Gasteiger charge is -2.37. The maximum atomic E-state index is 5.49. The Morgan fingerprint density at radius 3 is 2.67 bits per heavy atom. The summed E-state index contributed by atoms with van der Waals surface area (Å²) in [6.45, 7) is 0. The van der Waals surface area contributed by atoms with E-state index in [1.54, 1.807) is 14.2 Å². The van der Waals surface area contributed by atoms with Crippen LogP contribution in [0.5, 0.6) is 11.5 Å². The predicted molar refractivity (Wildman–Crippen MR) is 105 cm³/mol. The number of benzene rings is 2. The first-order valence-corrected chi connectivity index (χ1v) is 9.23. The summed E-state index contributed by atoms with van der Waals surface area (Å²) in [4.78, 5) is 0. The van der Waals surface area contributed by atoms with Gasteiger partial charge in [0, 0.05) is 15.2 Å². The number of hydrogen-bond donors (Lipinski definition) is 1. The van der Waals surface area contributed by atoms with Crippen LogP contribution in [0.15, 0.2) is 48.6 Å². The molecule has 0 amide bonds. The first-order chi connectivity index (χ1) is 11.7. The molecule has 1 heterocycles. The van der Waals surface area contributed by atoms with Crippen LogP contribution in [0.2, 0.25) is 0 Å². The number of halogens is 1. The Labute approximate surface area is 156 Å². The average Bonchev–Trinajstić information content (AvgIpc) is 3.10. The van der Waals surface area contributed by atoms with Gasteiger partial charge < -0.3 is 14.8 Å². The van der Waals surface area contributed by atoms with Gasteiger partial charge in [-0.25, -0.2) is 0 Å². The molecule has 4 heteroatoms. The lowest BCUT2D eigenvalue weighted by molar-refractivity contribution is 0.353. The van der Waals surface area contributed by atoms with E-state index in [4.69, 9.17) is 9.47 Å². The molecular weight excluding hydrogens is 413 g/mol. The molecule has 0 unspecified atom stereocenters. The van der Waals surface area contributed by atoms with Crippen LogP contribution in [-0.4, -0.2) is 14.2 Å². The molecule has 3 atom stereocenters. The molecule has 24 heavy (non-hydrogen) atoms. The molecule has 0 bridgehead atoms. The van der Waals surface area contributed by atoms with Gasteiger partial charge in [-0.05, 0) is 76.4 Å². The van der Waals surface area contributed by atoms with Crippen molar-refractivity contribution in [2.24, 2.45) is 5.92 Å². The minimum atomic E-state index is 0.275. The van der Waals surface area contributed by atoms with Crippen molar-refractivity contribution in [3.63, 3.8) is 0 Å². The first kappa shape index (κ1) is 15.8. The van der Waals surface area contributed by atoms with Gasteiger partial charge in [-0.1, -0.05) is 18.2 Å². The summed E-state index contributed by atoms with van der Waals surface area (Å²) in [6, 6.07) is 13.2. The number of allylic oxidation sites excluding steroid dienone is 2. The number of nitrogens with one attached hydrogen (secondary N) is 1. The molecule has 2 aliphatic rings. The van der Waals surface area contributed by atoms with Crippen LogP contribution in [0.3, 0.4) is 0 Å². The van der Waals surface area contributed by atoms with E-state index in [9.17, 15) is 0 Å². The Morgan fingerprint density at radius 1 is 1.04 bits per heavy atom. The molecule has 0 saturated carbocycles. The highest BCUT2D eigenvalue weighted by molar-refractivity contribution is 14.1. The third-order valence-electron chi connectivity index (χ3n) is 5.09. The Hall–Kier alpha value is -1.69. The van der Waals surface area contributed by atoms with Gasteiger partial charge in [0.05, 0.1) is 20.3 Å². The second-order valence-electron chi connectivity index (χ2n) is 6.32. The number of rotatable bonds is 3. The molecule has 0 aromatic heterocycles. The largest absolute Gasteiger partial charge is 0.493 e. The average molecular weight is 433 g/mol. The number of ether oxygens (including phenoxy) is 2. The molecule has 1 N–H and O–H groups in total. The van der Waals surface area contributed by atoms with Gasteiger partial charge in [-0.3, -0.25) is 0 Å². The van der Waals surface area contributed by atoms with Crippen molar-refractivity contribution in [2.45, 2.75) is 18.4 Å². The Balaban J connectivity index is 1.76. The highest BCUT2D eigenvalue weighted by atomic mass is 127. The van der Waals surface area contributed by atoms with Gasteiger partial charge in [0.1, 0.15) is 0 Å². The lowest BCUT2D eigenvalue weighted by atomic mass is 9.77. The molecule has 4 rings (SSSR count). The highest BCUT2D eigenvalue weighted by Gasteiger charge is 2.38. The smallest absolute Gasteiger partial charge is 0.161 e. The third kappa shape index (κ3) is 2.57. The van der Waals surface area contributed by atoms with Crippen molar-refractivity contribution in [2.75, 3.05) is 19.5 Å². The number of methoxy groups -OCH3 is 2. The van der Waals surface area contributed by atoms with Crippen molar-refractivity contribution in [1.29, 1.82) is 0 Å². The van der Waals surface area contributed by atoms with Gasteiger partial charge in [0.15, 0.2) is 11.5 Å². The van der Waals surface area contributed by atoms with Crippen molar-refractivity contribution in [1.82, 2.24) is 0 Å². The summed E-state index contributed by atoms with van der Waals surface area (Å²) in [5.41, 5.74) is 3.90.